The Labute approximate surface area is 183 Å². The van der Waals surface area contributed by atoms with Gasteiger partial charge in [0.2, 0.25) is 0 Å². The highest BCUT2D eigenvalue weighted by Gasteiger charge is 2.42. The first-order chi connectivity index (χ1) is 14.6. The average Bonchev–Trinajstić information content (AvgIpc) is 2.66. The second-order valence-electron chi connectivity index (χ2n) is 9.46. The van der Waals surface area contributed by atoms with Gasteiger partial charge < -0.3 is 10.6 Å². The van der Waals surface area contributed by atoms with Gasteiger partial charge in [0.05, 0.1) is 0 Å². The number of aryl methyl sites for hydroxylation is 2. The van der Waals surface area contributed by atoms with Crippen LogP contribution in [-0.2, 0) is 9.59 Å². The molecule has 1 atom stereocenters. The molecular weight excluding hydrogens is 386 g/mol. The van der Waals surface area contributed by atoms with Crippen molar-refractivity contribution in [3.63, 3.8) is 0 Å². The minimum Gasteiger partial charge on any atom is -0.362 e. The molecule has 0 fully saturated rings. The van der Waals surface area contributed by atoms with E-state index >= 15 is 0 Å². The zero-order chi connectivity index (χ0) is 22.3. The van der Waals surface area contributed by atoms with E-state index in [1.165, 1.54) is 0 Å². The minimum atomic E-state index is -0.398. The largest absolute Gasteiger partial charge is 0.362 e. The summed E-state index contributed by atoms with van der Waals surface area (Å²) in [5, 5.41) is 6.34. The van der Waals surface area contributed by atoms with Gasteiger partial charge in [-0.25, -0.2) is 4.98 Å². The van der Waals surface area contributed by atoms with Gasteiger partial charge in [-0.1, -0.05) is 49.7 Å². The molecule has 160 valence electrons. The first-order valence-corrected chi connectivity index (χ1v) is 10.7. The lowest BCUT2D eigenvalue weighted by Crippen LogP contribution is -2.39. The predicted octanol–water partition coefficient (Wildman–Crippen LogP) is 4.94. The number of hydrogen-bond acceptors (Lipinski definition) is 4. The highest BCUT2D eigenvalue weighted by Crippen LogP contribution is 2.46. The van der Waals surface area contributed by atoms with E-state index < -0.39 is 5.92 Å². The number of dihydropyridines is 1. The molecule has 2 aliphatic rings. The molecule has 2 N–H and O–H groups in total. The van der Waals surface area contributed by atoms with Crippen molar-refractivity contribution < 1.29 is 9.59 Å². The van der Waals surface area contributed by atoms with Gasteiger partial charge in [-0.3, -0.25) is 9.59 Å². The van der Waals surface area contributed by atoms with Gasteiger partial charge in [0.25, 0.3) is 5.91 Å². The molecule has 2 heterocycles. The number of benzene rings is 1. The lowest BCUT2D eigenvalue weighted by molar-refractivity contribution is -0.118. The van der Waals surface area contributed by atoms with Crippen molar-refractivity contribution in [2.24, 2.45) is 5.41 Å². The molecule has 1 unspecified atom stereocenters. The fourth-order valence-corrected chi connectivity index (χ4v) is 4.63. The first kappa shape index (κ1) is 21.0. The number of ketones is 1. The first-order valence-electron chi connectivity index (χ1n) is 10.7. The quantitative estimate of drug-likeness (QED) is 0.745. The van der Waals surface area contributed by atoms with Crippen LogP contribution in [0.5, 0.6) is 0 Å². The number of carbonyl (C=O) groups is 2. The number of hydrogen-bond donors (Lipinski definition) is 2. The number of pyridine rings is 1. The number of anilines is 1. The molecule has 0 saturated heterocycles. The Hall–Kier alpha value is -3.21. The number of nitrogens with one attached hydrogen (secondary N) is 2. The summed E-state index contributed by atoms with van der Waals surface area (Å²) in [6.45, 7) is 10.1. The van der Waals surface area contributed by atoms with E-state index in [9.17, 15) is 9.59 Å². The van der Waals surface area contributed by atoms with Crippen molar-refractivity contribution in [3.8, 4) is 0 Å². The number of nitrogens with zero attached hydrogens (tertiary/aromatic N) is 1. The molecule has 0 spiro atoms. The van der Waals surface area contributed by atoms with Crippen LogP contribution in [0, 0.1) is 19.3 Å². The standard InChI is InChI=1S/C26H29N3O2/c1-15-9-11-18(12-10-15)23-22(25(31)29-21-8-6-7-16(2)27-21)17(3)28-19-13-26(4,5)14-20(30)24(19)23/h6-12,23,28H,13-14H2,1-5H3,(H,27,29,31). The van der Waals surface area contributed by atoms with Gasteiger partial charge in [0, 0.05) is 40.6 Å². The van der Waals surface area contributed by atoms with E-state index in [2.05, 4.69) is 29.5 Å². The Kier molecular flexibility index (Phi) is 5.29. The maximum absolute atomic E-state index is 13.5. The normalized spacial score (nSPS) is 20.3. The topological polar surface area (TPSA) is 71.1 Å². The Balaban J connectivity index is 1.80. The molecule has 5 heteroatoms. The van der Waals surface area contributed by atoms with E-state index in [0.717, 1.165) is 40.2 Å². The van der Waals surface area contributed by atoms with Crippen LogP contribution in [0.15, 0.2) is 65.0 Å². The third-order valence-corrected chi connectivity index (χ3v) is 6.02. The maximum Gasteiger partial charge on any atom is 0.255 e. The van der Waals surface area contributed by atoms with Crippen LogP contribution in [0.2, 0.25) is 0 Å². The lowest BCUT2D eigenvalue weighted by atomic mass is 9.68. The third-order valence-electron chi connectivity index (χ3n) is 6.02. The zero-order valence-corrected chi connectivity index (χ0v) is 18.8. The molecule has 1 aromatic carbocycles. The highest BCUT2D eigenvalue weighted by atomic mass is 16.2. The number of amides is 1. The molecule has 1 aliphatic heterocycles. The molecule has 31 heavy (non-hydrogen) atoms. The molecule has 1 aliphatic carbocycles. The van der Waals surface area contributed by atoms with Crippen molar-refractivity contribution >= 4 is 17.5 Å². The summed E-state index contributed by atoms with van der Waals surface area (Å²) < 4.78 is 0. The summed E-state index contributed by atoms with van der Waals surface area (Å²) in [5.41, 5.74) is 5.82. The van der Waals surface area contributed by atoms with Gasteiger partial charge >= 0.3 is 0 Å². The summed E-state index contributed by atoms with van der Waals surface area (Å²) in [4.78, 5) is 31.2. The Morgan fingerprint density at radius 2 is 1.77 bits per heavy atom. The van der Waals surface area contributed by atoms with E-state index in [4.69, 9.17) is 0 Å². The third kappa shape index (κ3) is 4.18. The van der Waals surface area contributed by atoms with Crippen LogP contribution in [0.3, 0.4) is 0 Å². The van der Waals surface area contributed by atoms with Crippen molar-refractivity contribution in [2.45, 2.75) is 53.4 Å². The zero-order valence-electron chi connectivity index (χ0n) is 18.8. The fourth-order valence-electron chi connectivity index (χ4n) is 4.63. The molecule has 4 rings (SSSR count). The Morgan fingerprint density at radius 3 is 2.45 bits per heavy atom. The van der Waals surface area contributed by atoms with Gasteiger partial charge in [-0.15, -0.1) is 0 Å². The highest BCUT2D eigenvalue weighted by molar-refractivity contribution is 6.09. The van der Waals surface area contributed by atoms with Crippen molar-refractivity contribution in [3.05, 3.63) is 81.8 Å². The van der Waals surface area contributed by atoms with E-state index in [0.29, 0.717) is 17.8 Å². The summed E-state index contributed by atoms with van der Waals surface area (Å²) >= 11 is 0. The summed E-state index contributed by atoms with van der Waals surface area (Å²) in [6, 6.07) is 13.6. The summed E-state index contributed by atoms with van der Waals surface area (Å²) in [5.74, 6) is -0.0252. The van der Waals surface area contributed by atoms with Gasteiger partial charge in [-0.05, 0) is 50.3 Å². The van der Waals surface area contributed by atoms with E-state index in [-0.39, 0.29) is 17.1 Å². The smallest absolute Gasteiger partial charge is 0.255 e. The van der Waals surface area contributed by atoms with E-state index in [1.807, 2.05) is 57.2 Å². The summed E-state index contributed by atoms with van der Waals surface area (Å²) in [6.07, 6.45) is 1.26. The fraction of sp³-hybridized carbons (Fsp3) is 0.346. The monoisotopic (exact) mass is 415 g/mol. The number of aromatic nitrogens is 1. The van der Waals surface area contributed by atoms with E-state index in [1.54, 1.807) is 6.07 Å². The number of carbonyl (C=O) groups excluding carboxylic acids is 2. The van der Waals surface area contributed by atoms with Crippen LogP contribution in [0.1, 0.15) is 56.4 Å². The minimum absolute atomic E-state index is 0.105. The number of rotatable bonds is 3. The second kappa shape index (κ2) is 7.80. The Bertz CT molecular complexity index is 1120. The van der Waals surface area contributed by atoms with Gasteiger partial charge in [0.15, 0.2) is 5.78 Å². The SMILES string of the molecule is CC1=C(C(=O)Nc2cccc(C)n2)C(c2ccc(C)cc2)C2=C(CC(C)(C)CC2=O)N1. The molecular formula is C26H29N3O2. The molecule has 0 bridgehead atoms. The Morgan fingerprint density at radius 1 is 1.06 bits per heavy atom. The van der Waals surface area contributed by atoms with Gasteiger partial charge in [0.1, 0.15) is 5.82 Å². The molecule has 2 aromatic rings. The molecule has 1 amide bonds. The molecule has 5 nitrogen and oxygen atoms in total. The number of allylic oxidation sites excluding steroid dienone is 3. The van der Waals surface area contributed by atoms with Crippen molar-refractivity contribution in [2.75, 3.05) is 5.32 Å². The molecule has 1 aromatic heterocycles. The van der Waals surface area contributed by atoms with Crippen LogP contribution < -0.4 is 10.6 Å². The lowest BCUT2D eigenvalue weighted by Gasteiger charge is -2.39. The van der Waals surface area contributed by atoms with Crippen LogP contribution in [-0.4, -0.2) is 16.7 Å². The number of Topliss-reactive ketones (excluding diaryl/α,β-unsaturated/α-hetero) is 1. The molecule has 0 radical (unpaired) electrons. The van der Waals surface area contributed by atoms with Crippen molar-refractivity contribution in [1.29, 1.82) is 0 Å². The van der Waals surface area contributed by atoms with Gasteiger partial charge in [-0.2, -0.15) is 0 Å². The predicted molar refractivity (Wildman–Crippen MR) is 122 cm³/mol. The second-order valence-corrected chi connectivity index (χ2v) is 9.46. The van der Waals surface area contributed by atoms with Crippen LogP contribution >= 0.6 is 0 Å². The maximum atomic E-state index is 13.5. The average molecular weight is 416 g/mol. The van der Waals surface area contributed by atoms with Crippen LogP contribution in [0.4, 0.5) is 5.82 Å². The van der Waals surface area contributed by atoms with Crippen LogP contribution in [0.25, 0.3) is 0 Å². The molecule has 0 saturated carbocycles. The van der Waals surface area contributed by atoms with Crippen molar-refractivity contribution in [1.82, 2.24) is 10.3 Å². The summed E-state index contributed by atoms with van der Waals surface area (Å²) in [7, 11) is 0.